The number of nitrogens with one attached hydrogen (secondary N) is 4. The maximum absolute atomic E-state index is 13.6. The fraction of sp³-hybridized carbons (Fsp3) is 0.0263. The third-order valence-electron chi connectivity index (χ3n) is 7.03. The Morgan fingerprint density at radius 1 is 0.702 bits per heavy atom. The molecule has 0 fully saturated rings. The highest BCUT2D eigenvalue weighted by molar-refractivity contribution is 8.00. The van der Waals surface area contributed by atoms with Gasteiger partial charge in [0.1, 0.15) is 17.2 Å². The van der Waals surface area contributed by atoms with Gasteiger partial charge in [-0.2, -0.15) is 0 Å². The summed E-state index contributed by atoms with van der Waals surface area (Å²) in [7, 11) is 0. The summed E-state index contributed by atoms with van der Waals surface area (Å²) in [6.45, 7) is 0. The second kappa shape index (κ2) is 14.8. The first-order valence-corrected chi connectivity index (χ1v) is 15.8. The number of amides is 3. The Morgan fingerprint density at radius 3 is 2.19 bits per heavy atom. The van der Waals surface area contributed by atoms with Crippen molar-refractivity contribution in [3.05, 3.63) is 156 Å². The minimum absolute atomic E-state index is 0.0845. The molecule has 0 spiro atoms. The van der Waals surface area contributed by atoms with Crippen molar-refractivity contribution in [3.63, 3.8) is 0 Å². The van der Waals surface area contributed by atoms with E-state index in [0.29, 0.717) is 22.7 Å². The SMILES string of the molecule is O=C(CSc1cccc(NC(=O)/C(=C/c2c[nH]c3ccccc23)NC(=O)c2ccccc2)c1)Nc1ccc(Oc2ccccc2)cc1. The molecule has 232 valence electrons. The Kier molecular flexibility index (Phi) is 9.75. The van der Waals surface area contributed by atoms with E-state index in [1.54, 1.807) is 79.0 Å². The molecule has 0 aliphatic heterocycles. The van der Waals surface area contributed by atoms with Crippen molar-refractivity contribution < 1.29 is 19.1 Å². The second-order valence-corrected chi connectivity index (χ2v) is 11.5. The number of hydrogen-bond acceptors (Lipinski definition) is 5. The Hall–Kier alpha value is -6.06. The third kappa shape index (κ3) is 8.36. The molecule has 0 bridgehead atoms. The van der Waals surface area contributed by atoms with Crippen LogP contribution in [0.2, 0.25) is 0 Å². The molecule has 0 aliphatic rings. The molecule has 0 aliphatic carbocycles. The van der Waals surface area contributed by atoms with Crippen LogP contribution in [0.4, 0.5) is 11.4 Å². The number of carbonyl (C=O) groups is 3. The van der Waals surface area contributed by atoms with E-state index in [-0.39, 0.29) is 17.4 Å². The summed E-state index contributed by atoms with van der Waals surface area (Å²) in [4.78, 5) is 43.3. The van der Waals surface area contributed by atoms with Crippen molar-refractivity contribution in [2.24, 2.45) is 0 Å². The van der Waals surface area contributed by atoms with Gasteiger partial charge in [-0.15, -0.1) is 11.8 Å². The molecule has 0 unspecified atom stereocenters. The van der Waals surface area contributed by atoms with E-state index in [9.17, 15) is 14.4 Å². The van der Waals surface area contributed by atoms with E-state index in [2.05, 4.69) is 20.9 Å². The van der Waals surface area contributed by atoms with Gasteiger partial charge in [0.05, 0.1) is 5.75 Å². The molecule has 9 heteroatoms. The molecule has 0 saturated carbocycles. The highest BCUT2D eigenvalue weighted by atomic mass is 32.2. The van der Waals surface area contributed by atoms with Crippen LogP contribution in [-0.4, -0.2) is 28.5 Å². The molecule has 1 aromatic heterocycles. The van der Waals surface area contributed by atoms with Crippen LogP contribution in [0.15, 0.2) is 150 Å². The van der Waals surface area contributed by atoms with Gasteiger partial charge in [-0.25, -0.2) is 0 Å². The van der Waals surface area contributed by atoms with Crippen LogP contribution < -0.4 is 20.7 Å². The standard InChI is InChI=1S/C38H30N4O4S/c43-36(40-28-18-20-31(21-19-28)46-30-13-5-2-6-14-30)25-47-32-15-9-12-29(23-32)41-38(45)35(42-37(44)26-10-3-1-4-11-26)22-27-24-39-34-17-8-7-16-33(27)34/h1-24,39H,25H2,(H,40,43)(H,41,45)(H,42,44)/b35-22-. The second-order valence-electron chi connectivity index (χ2n) is 10.4. The van der Waals surface area contributed by atoms with E-state index in [4.69, 9.17) is 4.74 Å². The zero-order valence-corrected chi connectivity index (χ0v) is 25.9. The average Bonchev–Trinajstić information content (AvgIpc) is 3.51. The first kappa shape index (κ1) is 30.9. The van der Waals surface area contributed by atoms with Crippen molar-refractivity contribution >= 4 is 57.8 Å². The first-order valence-electron chi connectivity index (χ1n) is 14.8. The summed E-state index contributed by atoms with van der Waals surface area (Å²) in [6, 6.07) is 40.3. The quantitative estimate of drug-likeness (QED) is 0.0846. The summed E-state index contributed by atoms with van der Waals surface area (Å²) >= 11 is 1.34. The van der Waals surface area contributed by atoms with E-state index in [1.807, 2.05) is 66.7 Å². The van der Waals surface area contributed by atoms with Crippen LogP contribution >= 0.6 is 11.8 Å². The fourth-order valence-corrected chi connectivity index (χ4v) is 5.51. The molecule has 47 heavy (non-hydrogen) atoms. The molecule has 6 aromatic rings. The molecule has 0 atom stereocenters. The van der Waals surface area contributed by atoms with Crippen LogP contribution in [0.1, 0.15) is 15.9 Å². The number of para-hydroxylation sites is 2. The summed E-state index contributed by atoms with van der Waals surface area (Å²) < 4.78 is 5.81. The number of fused-ring (bicyclic) bond motifs is 1. The largest absolute Gasteiger partial charge is 0.457 e. The number of aromatic amines is 1. The number of H-pyrrole nitrogens is 1. The smallest absolute Gasteiger partial charge is 0.272 e. The Labute approximate surface area is 275 Å². The lowest BCUT2D eigenvalue weighted by molar-refractivity contribution is -0.114. The van der Waals surface area contributed by atoms with Crippen molar-refractivity contribution in [3.8, 4) is 11.5 Å². The maximum Gasteiger partial charge on any atom is 0.272 e. The third-order valence-corrected chi connectivity index (χ3v) is 8.02. The molecular formula is C38H30N4O4S. The van der Waals surface area contributed by atoms with Gasteiger partial charge in [-0.05, 0) is 78.9 Å². The van der Waals surface area contributed by atoms with Crippen molar-refractivity contribution in [1.29, 1.82) is 0 Å². The van der Waals surface area contributed by atoms with Crippen LogP contribution in [-0.2, 0) is 9.59 Å². The van der Waals surface area contributed by atoms with Gasteiger partial charge in [-0.1, -0.05) is 60.7 Å². The van der Waals surface area contributed by atoms with E-state index in [0.717, 1.165) is 27.1 Å². The highest BCUT2D eigenvalue weighted by Gasteiger charge is 2.16. The van der Waals surface area contributed by atoms with Gasteiger partial charge in [-0.3, -0.25) is 14.4 Å². The van der Waals surface area contributed by atoms with E-state index < -0.39 is 11.8 Å². The predicted octanol–water partition coefficient (Wildman–Crippen LogP) is 8.10. The normalized spacial score (nSPS) is 11.1. The van der Waals surface area contributed by atoms with Gasteiger partial charge in [0.25, 0.3) is 11.8 Å². The van der Waals surface area contributed by atoms with E-state index >= 15 is 0 Å². The number of aromatic nitrogens is 1. The van der Waals surface area contributed by atoms with Crippen LogP contribution in [0, 0.1) is 0 Å². The van der Waals surface area contributed by atoms with Crippen LogP contribution in [0.5, 0.6) is 11.5 Å². The Balaban J connectivity index is 1.09. The highest BCUT2D eigenvalue weighted by Crippen LogP contribution is 2.25. The fourth-order valence-electron chi connectivity index (χ4n) is 4.75. The average molecular weight is 639 g/mol. The molecule has 6 rings (SSSR count). The summed E-state index contributed by atoms with van der Waals surface area (Å²) in [6.07, 6.45) is 3.44. The van der Waals surface area contributed by atoms with Gasteiger partial charge in [0, 0.05) is 44.5 Å². The summed E-state index contributed by atoms with van der Waals surface area (Å²) in [5.74, 6) is 0.505. The van der Waals surface area contributed by atoms with Gasteiger partial charge >= 0.3 is 0 Å². The number of rotatable bonds is 11. The van der Waals surface area contributed by atoms with Crippen LogP contribution in [0.3, 0.4) is 0 Å². The minimum atomic E-state index is -0.487. The number of hydrogen-bond donors (Lipinski definition) is 4. The van der Waals surface area contributed by atoms with Crippen molar-refractivity contribution in [2.75, 3.05) is 16.4 Å². The lowest BCUT2D eigenvalue weighted by Crippen LogP contribution is -2.30. The number of thioether (sulfide) groups is 1. The molecule has 3 amide bonds. The molecular weight excluding hydrogens is 609 g/mol. The lowest BCUT2D eigenvalue weighted by atomic mass is 10.1. The predicted molar refractivity (Wildman–Crippen MR) is 188 cm³/mol. The van der Waals surface area contributed by atoms with Crippen molar-refractivity contribution in [1.82, 2.24) is 10.3 Å². The zero-order valence-electron chi connectivity index (χ0n) is 25.1. The molecule has 0 radical (unpaired) electrons. The maximum atomic E-state index is 13.6. The Morgan fingerprint density at radius 2 is 1.40 bits per heavy atom. The molecule has 8 nitrogen and oxygen atoms in total. The molecule has 1 heterocycles. The molecule has 0 saturated heterocycles. The monoisotopic (exact) mass is 638 g/mol. The van der Waals surface area contributed by atoms with E-state index in [1.165, 1.54) is 11.8 Å². The molecule has 5 aromatic carbocycles. The minimum Gasteiger partial charge on any atom is -0.457 e. The van der Waals surface area contributed by atoms with Gasteiger partial charge in [0.15, 0.2) is 0 Å². The summed E-state index contributed by atoms with van der Waals surface area (Å²) in [5.41, 5.74) is 3.36. The van der Waals surface area contributed by atoms with Crippen molar-refractivity contribution in [2.45, 2.75) is 4.90 Å². The lowest BCUT2D eigenvalue weighted by Gasteiger charge is -2.12. The van der Waals surface area contributed by atoms with Gasteiger partial charge in [0.2, 0.25) is 5.91 Å². The zero-order chi connectivity index (χ0) is 32.4. The number of benzene rings is 5. The van der Waals surface area contributed by atoms with Gasteiger partial charge < -0.3 is 25.7 Å². The number of anilines is 2. The Bertz CT molecular complexity index is 2040. The molecule has 4 N–H and O–H groups in total. The number of carbonyl (C=O) groups excluding carboxylic acids is 3. The first-order chi connectivity index (χ1) is 23.0. The van der Waals surface area contributed by atoms with Crippen LogP contribution in [0.25, 0.3) is 17.0 Å². The topological polar surface area (TPSA) is 112 Å². The summed E-state index contributed by atoms with van der Waals surface area (Å²) in [5, 5.41) is 9.48. The number of ether oxygens (including phenoxy) is 1.